The van der Waals surface area contributed by atoms with E-state index in [0.717, 1.165) is 91.3 Å². The molecule has 6 fully saturated rings. The Kier molecular flexibility index (Phi) is 26.7. The zero-order valence-electron chi connectivity index (χ0n) is 66.4. The number of fused-ring (bicyclic) bond motifs is 3. The van der Waals surface area contributed by atoms with Gasteiger partial charge in [-0.05, 0) is 307 Å². The lowest BCUT2D eigenvalue weighted by Gasteiger charge is -2.46. The molecule has 0 aromatic heterocycles. The van der Waals surface area contributed by atoms with Crippen LogP contribution in [-0.2, 0) is 13.3 Å². The molecule has 9 aliphatic rings. The van der Waals surface area contributed by atoms with Crippen molar-refractivity contribution in [1.29, 1.82) is 0 Å². The van der Waals surface area contributed by atoms with E-state index in [-0.39, 0.29) is 10.1 Å². The van der Waals surface area contributed by atoms with Crippen molar-refractivity contribution in [3.63, 3.8) is 0 Å². The first kappa shape index (κ1) is 78.8. The summed E-state index contributed by atoms with van der Waals surface area (Å²) < 4.78 is 20.4. The molecule has 0 aromatic carbocycles. The molecule has 0 radical (unpaired) electrons. The van der Waals surface area contributed by atoms with Crippen molar-refractivity contribution in [2.45, 2.75) is 378 Å². The van der Waals surface area contributed by atoms with Gasteiger partial charge >= 0.3 is 0 Å². The summed E-state index contributed by atoms with van der Waals surface area (Å²) in [4.78, 5) is 0. The summed E-state index contributed by atoms with van der Waals surface area (Å²) in [5, 5.41) is 0.847. The first-order chi connectivity index (χ1) is 43.2. The zero-order chi connectivity index (χ0) is 69.1. The fourth-order valence-corrected chi connectivity index (χ4v) is 24.1. The largest absolute Gasteiger partial charge is 0.414 e. The Labute approximate surface area is 581 Å². The fraction of sp³-hybridized carbons (Fsp3) is 0.816. The molecule has 0 spiro atoms. The second-order valence-corrected chi connectivity index (χ2v) is 52.9. The Morgan fingerprint density at radius 3 is 1.45 bits per heavy atom. The second-order valence-electron chi connectivity index (χ2n) is 38.7. The molecule has 3 nitrogen and oxygen atoms in total. The average molecular weight is 1330 g/mol. The van der Waals surface area contributed by atoms with Crippen molar-refractivity contribution in [3.05, 3.63) is 93.7 Å². The van der Waals surface area contributed by atoms with Crippen molar-refractivity contribution in [2.75, 3.05) is 0 Å². The van der Waals surface area contributed by atoms with E-state index in [1.54, 1.807) is 33.4 Å². The van der Waals surface area contributed by atoms with Gasteiger partial charge in [0.2, 0.25) is 0 Å². The monoisotopic (exact) mass is 1330 g/mol. The van der Waals surface area contributed by atoms with Crippen LogP contribution >= 0.6 is 0 Å². The van der Waals surface area contributed by atoms with Gasteiger partial charge in [0.1, 0.15) is 0 Å². The van der Waals surface area contributed by atoms with Crippen LogP contribution in [0, 0.1) is 75.4 Å². The van der Waals surface area contributed by atoms with Crippen LogP contribution in [0.1, 0.15) is 305 Å². The van der Waals surface area contributed by atoms with Crippen LogP contribution < -0.4 is 0 Å². The fourth-order valence-electron chi connectivity index (χ4n) is 19.9. The van der Waals surface area contributed by atoms with Gasteiger partial charge in [0.05, 0.1) is 0 Å². The topological polar surface area (TPSA) is 27.7 Å². The van der Waals surface area contributed by atoms with Gasteiger partial charge in [-0.3, -0.25) is 0 Å². The molecule has 0 aliphatic heterocycles. The maximum atomic E-state index is 6.82. The minimum absolute atomic E-state index is 0.272. The van der Waals surface area contributed by atoms with Crippen molar-refractivity contribution >= 4 is 25.0 Å². The van der Waals surface area contributed by atoms with Gasteiger partial charge in [0, 0.05) is 18.3 Å². The van der Waals surface area contributed by atoms with Crippen molar-refractivity contribution in [3.8, 4) is 0 Å². The highest BCUT2D eigenvalue weighted by molar-refractivity contribution is 6.75. The molecule has 0 amide bonds. The quantitative estimate of drug-likeness (QED) is 0.136. The highest BCUT2D eigenvalue weighted by Crippen LogP contribution is 2.63. The van der Waals surface area contributed by atoms with E-state index in [2.05, 4.69) is 227 Å². The Balaban J connectivity index is 0.000000198. The molecule has 6 saturated carbocycles. The summed E-state index contributed by atoms with van der Waals surface area (Å²) in [5.74, 6) is 8.60. The predicted octanol–water partition coefficient (Wildman–Crippen LogP) is 27.8. The van der Waals surface area contributed by atoms with Gasteiger partial charge in [-0.1, -0.05) is 222 Å². The van der Waals surface area contributed by atoms with Crippen LogP contribution in [0.5, 0.6) is 0 Å². The normalized spacial score (nSPS) is 35.3. The molecule has 530 valence electrons. The summed E-state index contributed by atoms with van der Waals surface area (Å²) >= 11 is 0. The van der Waals surface area contributed by atoms with E-state index in [1.165, 1.54) is 146 Å². The molecule has 9 aliphatic carbocycles. The van der Waals surface area contributed by atoms with E-state index in [9.17, 15) is 0 Å². The molecule has 0 heterocycles. The summed E-state index contributed by atoms with van der Waals surface area (Å²) in [6.07, 6.45) is 52.7. The molecule has 0 bridgehead atoms. The lowest BCUT2D eigenvalue weighted by atomic mass is 9.59. The third-order valence-electron chi connectivity index (χ3n) is 29.8. The third-order valence-corrected chi connectivity index (χ3v) is 43.4. The summed E-state index contributed by atoms with van der Waals surface area (Å²) in [6, 6.07) is 0. The van der Waals surface area contributed by atoms with Gasteiger partial charge in [0.25, 0.3) is 0 Å². The molecular weight excluding hydrogens is 1180 g/mol. The summed E-state index contributed by atoms with van der Waals surface area (Å²) in [6.45, 7) is 67.2. The van der Waals surface area contributed by atoms with Gasteiger partial charge in [0.15, 0.2) is 25.0 Å². The molecule has 0 N–H and O–H groups in total. The van der Waals surface area contributed by atoms with Crippen LogP contribution in [0.4, 0.5) is 0 Å². The molecule has 0 aromatic rings. The number of hydrogen-bond donors (Lipinski definition) is 0. The van der Waals surface area contributed by atoms with Crippen molar-refractivity contribution < 1.29 is 13.3 Å². The first-order valence-corrected chi connectivity index (χ1v) is 48.4. The van der Waals surface area contributed by atoms with E-state index >= 15 is 0 Å². The Bertz CT molecular complexity index is 2720. The molecule has 93 heavy (non-hydrogen) atoms. The van der Waals surface area contributed by atoms with E-state index < -0.39 is 25.0 Å². The van der Waals surface area contributed by atoms with E-state index in [1.807, 2.05) is 0 Å². The molecule has 6 heteroatoms. The van der Waals surface area contributed by atoms with Crippen LogP contribution in [0.3, 0.4) is 0 Å². The molecular formula is C87H152O3Si3. The lowest BCUT2D eigenvalue weighted by molar-refractivity contribution is 0.0450. The SMILES string of the molecule is C=C1CC[C@H](O[Si](C)(C)C(C)(C)C)C/C1=C/C=C1\CCC[C@]2(C)[C@@H]([C@@H](C)CC)CC[C@@H]12.CC[C@H](C)[C@H]1CC[C@H]2C(/C=C/C3=C(C)CC[C@H](O[Si](C)(C)C(C)(C)C)C3)CCC[C@]12C.CC[C@H](C)[C@H]1CC[C@H]2C(/C=C\C3=C(C)CC[C@H](O[Si](C)(C)C(C)(C)C)C3)=CCC[C@]12C. The maximum absolute atomic E-state index is 6.82. The minimum atomic E-state index is -1.72. The molecule has 0 saturated heterocycles. The summed E-state index contributed by atoms with van der Waals surface area (Å²) in [5.41, 5.74) is 14.1. The number of allylic oxidation sites excluding steroid dienone is 12. The maximum Gasteiger partial charge on any atom is 0.192 e. The van der Waals surface area contributed by atoms with Crippen LogP contribution in [-0.4, -0.2) is 43.3 Å². The standard InChI is InChI=1S/C29H52OSi.2C29H50OSi/c3*1-10-21(2)26-17-18-27-23(12-11-19-29(26,27)7)14-15-24-20-25(16-13-22(24)3)30-31(8,9)28(4,5)6/h14-15,21,23,25-27H,10-13,16-20H2,1-9H3;12,14-15,21,25-27H,10-11,13,16-20H2,1-9H3;14-15,21,25-27H,3,10-13,16-20H2,1-2,4-9H3/b15-14+;15-14-;23-14+,24-15-/t21-,23?,25-,26+,27-,29+;2*21-,25-,26+,27-,29+/m000/s1. The number of hydrogen-bond acceptors (Lipinski definition) is 3. The van der Waals surface area contributed by atoms with E-state index in [0.29, 0.717) is 39.6 Å². The molecule has 1 unspecified atom stereocenters. The van der Waals surface area contributed by atoms with Crippen LogP contribution in [0.2, 0.25) is 54.4 Å². The molecule has 16 atom stereocenters. The highest BCUT2D eigenvalue weighted by Gasteiger charge is 2.54. The van der Waals surface area contributed by atoms with Crippen LogP contribution in [0.15, 0.2) is 93.7 Å². The second kappa shape index (κ2) is 31.6. The number of rotatable bonds is 17. The third kappa shape index (κ3) is 18.3. The Morgan fingerprint density at radius 2 is 0.946 bits per heavy atom. The molecule has 9 rings (SSSR count). The predicted molar refractivity (Wildman–Crippen MR) is 417 cm³/mol. The lowest BCUT2D eigenvalue weighted by Crippen LogP contribution is -2.44. The Morgan fingerprint density at radius 1 is 0.505 bits per heavy atom. The van der Waals surface area contributed by atoms with Gasteiger partial charge in [-0.15, -0.1) is 0 Å². The summed E-state index contributed by atoms with van der Waals surface area (Å²) in [7, 11) is -5.12. The van der Waals surface area contributed by atoms with Gasteiger partial charge in [-0.25, -0.2) is 0 Å². The first-order valence-electron chi connectivity index (χ1n) is 39.7. The van der Waals surface area contributed by atoms with Gasteiger partial charge in [-0.2, -0.15) is 0 Å². The minimum Gasteiger partial charge on any atom is -0.414 e. The van der Waals surface area contributed by atoms with Gasteiger partial charge < -0.3 is 13.3 Å². The Hall–Kier alpha value is -1.55. The van der Waals surface area contributed by atoms with Crippen molar-refractivity contribution in [1.82, 2.24) is 0 Å². The smallest absolute Gasteiger partial charge is 0.192 e. The van der Waals surface area contributed by atoms with E-state index in [4.69, 9.17) is 13.3 Å². The van der Waals surface area contributed by atoms with Crippen molar-refractivity contribution in [2.24, 2.45) is 75.4 Å². The zero-order valence-corrected chi connectivity index (χ0v) is 69.4. The highest BCUT2D eigenvalue weighted by atomic mass is 28.4. The average Bonchev–Trinajstić information content (AvgIpc) is 1.64. The van der Waals surface area contributed by atoms with Crippen LogP contribution in [0.25, 0.3) is 0 Å².